The number of rotatable bonds is 4. The Morgan fingerprint density at radius 2 is 1.72 bits per heavy atom. The van der Waals surface area contributed by atoms with E-state index in [4.69, 9.17) is 33.7 Å². The van der Waals surface area contributed by atoms with Crippen LogP contribution in [0.25, 0.3) is 0 Å². The van der Waals surface area contributed by atoms with Gasteiger partial charge in [-0.05, 0) is 17.7 Å². The fourth-order valence-electron chi connectivity index (χ4n) is 1.61. The second-order valence-electron chi connectivity index (χ2n) is 3.94. The summed E-state index contributed by atoms with van der Waals surface area (Å²) in [5.41, 5.74) is 8.31. The van der Waals surface area contributed by atoms with Gasteiger partial charge in [0.15, 0.2) is 0 Å². The molecule has 2 aromatic carbocycles. The van der Waals surface area contributed by atoms with E-state index in [9.17, 15) is 0 Å². The molecule has 0 fully saturated rings. The second-order valence-corrected chi connectivity index (χ2v) is 4.78. The molecule has 0 saturated carbocycles. The van der Waals surface area contributed by atoms with Gasteiger partial charge < -0.3 is 10.5 Å². The zero-order valence-electron chi connectivity index (χ0n) is 9.70. The average Bonchev–Trinajstić information content (AvgIpc) is 2.36. The maximum Gasteiger partial charge on any atom is 0.0742 e. The van der Waals surface area contributed by atoms with E-state index in [1.54, 1.807) is 12.1 Å². The Labute approximate surface area is 116 Å². The van der Waals surface area contributed by atoms with E-state index in [0.29, 0.717) is 28.9 Å². The van der Waals surface area contributed by atoms with Crippen molar-refractivity contribution in [1.29, 1.82) is 0 Å². The van der Waals surface area contributed by atoms with Crippen molar-refractivity contribution in [1.82, 2.24) is 0 Å². The number of hydrogen-bond acceptors (Lipinski definition) is 2. The van der Waals surface area contributed by atoms with E-state index in [-0.39, 0.29) is 0 Å². The Balaban J connectivity index is 1.99. The van der Waals surface area contributed by atoms with Gasteiger partial charge in [0, 0.05) is 10.6 Å². The van der Waals surface area contributed by atoms with Crippen LogP contribution < -0.4 is 5.73 Å². The Hall–Kier alpha value is -1.22. The Bertz CT molecular complexity index is 529. The molecule has 0 aliphatic heterocycles. The molecule has 0 unspecified atom stereocenters. The smallest absolute Gasteiger partial charge is 0.0742 e. The molecule has 0 saturated heterocycles. The predicted molar refractivity (Wildman–Crippen MR) is 75.8 cm³/mol. The Morgan fingerprint density at radius 3 is 2.44 bits per heavy atom. The van der Waals surface area contributed by atoms with Crippen molar-refractivity contribution < 1.29 is 4.74 Å². The predicted octanol–water partition coefficient (Wildman–Crippen LogP) is 4.29. The summed E-state index contributed by atoms with van der Waals surface area (Å²) in [4.78, 5) is 0. The first-order valence-electron chi connectivity index (χ1n) is 5.52. The fourth-order valence-corrected chi connectivity index (χ4v) is 2.15. The van der Waals surface area contributed by atoms with Crippen molar-refractivity contribution in [2.24, 2.45) is 0 Å². The largest absolute Gasteiger partial charge is 0.397 e. The zero-order valence-corrected chi connectivity index (χ0v) is 11.2. The molecule has 0 radical (unpaired) electrons. The standard InChI is InChI=1S/C14H13Cl2NO/c15-12-6-11(14(17)13(16)7-12)9-18-8-10-4-2-1-3-5-10/h1-7H,8-9,17H2. The van der Waals surface area contributed by atoms with E-state index in [1.807, 2.05) is 30.3 Å². The quantitative estimate of drug-likeness (QED) is 0.849. The van der Waals surface area contributed by atoms with Crippen molar-refractivity contribution in [2.45, 2.75) is 13.2 Å². The number of nitrogen functional groups attached to an aromatic ring is 1. The third kappa shape index (κ3) is 3.39. The summed E-state index contributed by atoms with van der Waals surface area (Å²) < 4.78 is 5.60. The van der Waals surface area contributed by atoms with E-state index in [0.717, 1.165) is 11.1 Å². The van der Waals surface area contributed by atoms with Crippen LogP contribution >= 0.6 is 23.2 Å². The van der Waals surface area contributed by atoms with Crippen molar-refractivity contribution in [3.05, 3.63) is 63.6 Å². The first-order chi connectivity index (χ1) is 8.66. The van der Waals surface area contributed by atoms with Gasteiger partial charge in [-0.15, -0.1) is 0 Å². The summed E-state index contributed by atoms with van der Waals surface area (Å²) in [6.45, 7) is 0.922. The molecular formula is C14H13Cl2NO. The lowest BCUT2D eigenvalue weighted by Crippen LogP contribution is -1.99. The van der Waals surface area contributed by atoms with Gasteiger partial charge in [-0.25, -0.2) is 0 Å². The normalized spacial score (nSPS) is 10.6. The minimum atomic E-state index is 0.390. The number of ether oxygens (including phenoxy) is 1. The van der Waals surface area contributed by atoms with Crippen LogP contribution in [0.4, 0.5) is 5.69 Å². The van der Waals surface area contributed by atoms with Crippen molar-refractivity contribution in [3.8, 4) is 0 Å². The van der Waals surface area contributed by atoms with Gasteiger partial charge in [-0.3, -0.25) is 0 Å². The first-order valence-corrected chi connectivity index (χ1v) is 6.27. The molecule has 2 nitrogen and oxygen atoms in total. The summed E-state index contributed by atoms with van der Waals surface area (Å²) >= 11 is 11.9. The van der Waals surface area contributed by atoms with E-state index >= 15 is 0 Å². The van der Waals surface area contributed by atoms with Gasteiger partial charge in [0.25, 0.3) is 0 Å². The maximum atomic E-state index is 5.95. The van der Waals surface area contributed by atoms with Crippen LogP contribution in [0.3, 0.4) is 0 Å². The Kier molecular flexibility index (Phi) is 4.48. The lowest BCUT2D eigenvalue weighted by Gasteiger charge is -2.09. The summed E-state index contributed by atoms with van der Waals surface area (Å²) in [5, 5.41) is 1.02. The zero-order chi connectivity index (χ0) is 13.0. The summed E-state index contributed by atoms with van der Waals surface area (Å²) in [6.07, 6.45) is 0. The van der Waals surface area contributed by atoms with Gasteiger partial charge in [0.05, 0.1) is 23.9 Å². The van der Waals surface area contributed by atoms with Gasteiger partial charge in [-0.2, -0.15) is 0 Å². The molecule has 0 heterocycles. The summed E-state index contributed by atoms with van der Waals surface area (Å²) in [7, 11) is 0. The lowest BCUT2D eigenvalue weighted by molar-refractivity contribution is 0.107. The summed E-state index contributed by atoms with van der Waals surface area (Å²) in [5.74, 6) is 0. The van der Waals surface area contributed by atoms with E-state index in [1.165, 1.54) is 0 Å². The average molecular weight is 282 g/mol. The van der Waals surface area contributed by atoms with Crippen LogP contribution in [0.5, 0.6) is 0 Å². The number of benzene rings is 2. The van der Waals surface area contributed by atoms with Gasteiger partial charge >= 0.3 is 0 Å². The van der Waals surface area contributed by atoms with Crippen LogP contribution in [0.15, 0.2) is 42.5 Å². The van der Waals surface area contributed by atoms with Crippen LogP contribution in [0.2, 0.25) is 10.0 Å². The van der Waals surface area contributed by atoms with Gasteiger partial charge in [0.2, 0.25) is 0 Å². The van der Waals surface area contributed by atoms with Crippen LogP contribution in [-0.2, 0) is 18.0 Å². The highest BCUT2D eigenvalue weighted by molar-refractivity contribution is 6.36. The number of hydrogen-bond donors (Lipinski definition) is 1. The van der Waals surface area contributed by atoms with Crippen LogP contribution in [-0.4, -0.2) is 0 Å². The van der Waals surface area contributed by atoms with Gasteiger partial charge in [-0.1, -0.05) is 53.5 Å². The molecule has 2 rings (SSSR count). The minimum Gasteiger partial charge on any atom is -0.397 e. The molecule has 94 valence electrons. The number of anilines is 1. The third-order valence-electron chi connectivity index (χ3n) is 2.55. The highest BCUT2D eigenvalue weighted by Gasteiger charge is 2.06. The highest BCUT2D eigenvalue weighted by Crippen LogP contribution is 2.28. The molecule has 0 spiro atoms. The first kappa shape index (κ1) is 13.2. The maximum absolute atomic E-state index is 5.95. The molecule has 0 amide bonds. The molecule has 18 heavy (non-hydrogen) atoms. The highest BCUT2D eigenvalue weighted by atomic mass is 35.5. The van der Waals surface area contributed by atoms with Crippen LogP contribution in [0.1, 0.15) is 11.1 Å². The monoisotopic (exact) mass is 281 g/mol. The number of halogens is 2. The molecule has 0 atom stereocenters. The van der Waals surface area contributed by atoms with Crippen molar-refractivity contribution in [2.75, 3.05) is 5.73 Å². The fraction of sp³-hybridized carbons (Fsp3) is 0.143. The van der Waals surface area contributed by atoms with Crippen molar-refractivity contribution >= 4 is 28.9 Å². The molecule has 4 heteroatoms. The Morgan fingerprint density at radius 1 is 1.00 bits per heavy atom. The van der Waals surface area contributed by atoms with Crippen molar-refractivity contribution in [3.63, 3.8) is 0 Å². The van der Waals surface area contributed by atoms with Crippen LogP contribution in [0, 0.1) is 0 Å². The lowest BCUT2D eigenvalue weighted by atomic mass is 10.2. The van der Waals surface area contributed by atoms with E-state index in [2.05, 4.69) is 0 Å². The SMILES string of the molecule is Nc1c(Cl)cc(Cl)cc1COCc1ccccc1. The molecule has 2 N–H and O–H groups in total. The molecule has 0 aliphatic rings. The number of nitrogens with two attached hydrogens (primary N) is 1. The molecule has 0 bridgehead atoms. The third-order valence-corrected chi connectivity index (χ3v) is 3.08. The molecule has 0 aromatic heterocycles. The van der Waals surface area contributed by atoms with E-state index < -0.39 is 0 Å². The second kappa shape index (κ2) is 6.10. The topological polar surface area (TPSA) is 35.2 Å². The van der Waals surface area contributed by atoms with Gasteiger partial charge in [0.1, 0.15) is 0 Å². The summed E-state index contributed by atoms with van der Waals surface area (Å²) in [6, 6.07) is 13.3. The minimum absolute atomic E-state index is 0.390. The molecule has 0 aliphatic carbocycles. The molecule has 2 aromatic rings. The molecular weight excluding hydrogens is 269 g/mol.